The van der Waals surface area contributed by atoms with E-state index in [-0.39, 0.29) is 24.9 Å². The molecule has 0 spiro atoms. The normalized spacial score (nSPS) is 11.5. The quantitative estimate of drug-likeness (QED) is 0.248. The van der Waals surface area contributed by atoms with Gasteiger partial charge in [0.1, 0.15) is 6.42 Å². The zero-order valence-electron chi connectivity index (χ0n) is 13.6. The van der Waals surface area contributed by atoms with Crippen molar-refractivity contribution in [1.29, 1.82) is 0 Å². The zero-order chi connectivity index (χ0) is 17.8. The number of rotatable bonds is 8. The maximum Gasteiger partial charge on any atom is 0.249 e. The fraction of sp³-hybridized carbons (Fsp3) is 0.538. The van der Waals surface area contributed by atoms with Crippen LogP contribution in [-0.4, -0.2) is 48.1 Å². The van der Waals surface area contributed by atoms with Gasteiger partial charge in [-0.3, -0.25) is 19.2 Å². The van der Waals surface area contributed by atoms with Crippen LogP contribution in [-0.2, 0) is 19.2 Å². The predicted molar refractivity (Wildman–Crippen MR) is 84.5 cm³/mol. The van der Waals surface area contributed by atoms with E-state index in [1.165, 1.54) is 13.8 Å². The highest BCUT2D eigenvalue weighted by molar-refractivity contribution is 5.98. The van der Waals surface area contributed by atoms with Gasteiger partial charge in [-0.05, 0) is 13.8 Å². The molecule has 0 rings (SSSR count). The lowest BCUT2D eigenvalue weighted by Crippen LogP contribution is -2.31. The number of hydrogen-bond donors (Lipinski definition) is 4. The number of hydrogen-bond acceptors (Lipinski definition) is 6. The molecule has 0 radical (unpaired) electrons. The van der Waals surface area contributed by atoms with E-state index in [2.05, 4.69) is 31.7 Å². The Bertz CT molecular complexity index is 481. The summed E-state index contributed by atoms with van der Waals surface area (Å²) in [5.41, 5.74) is 5.36. The number of hydrazone groups is 2. The van der Waals surface area contributed by atoms with Gasteiger partial charge in [0.15, 0.2) is 0 Å². The van der Waals surface area contributed by atoms with Crippen LogP contribution in [0, 0.1) is 0 Å². The molecule has 4 amide bonds. The van der Waals surface area contributed by atoms with Gasteiger partial charge in [-0.25, -0.2) is 10.9 Å². The van der Waals surface area contributed by atoms with Crippen LogP contribution in [0.25, 0.3) is 0 Å². The summed E-state index contributed by atoms with van der Waals surface area (Å²) >= 11 is 0. The first kappa shape index (κ1) is 20.2. The van der Waals surface area contributed by atoms with Gasteiger partial charge in [-0.2, -0.15) is 10.2 Å². The highest BCUT2D eigenvalue weighted by Crippen LogP contribution is 1.83. The van der Waals surface area contributed by atoms with E-state index in [1.807, 2.05) is 0 Å². The van der Waals surface area contributed by atoms with Gasteiger partial charge < -0.3 is 10.6 Å². The summed E-state index contributed by atoms with van der Waals surface area (Å²) in [6, 6.07) is 0. The Labute approximate surface area is 134 Å². The molecule has 4 N–H and O–H groups in total. The lowest BCUT2D eigenvalue weighted by Gasteiger charge is -2.04. The van der Waals surface area contributed by atoms with Gasteiger partial charge in [0, 0.05) is 13.8 Å². The molecule has 10 nitrogen and oxygen atoms in total. The Morgan fingerprint density at radius 2 is 1.04 bits per heavy atom. The average Bonchev–Trinajstić information content (AvgIpc) is 2.46. The Morgan fingerprint density at radius 1 is 0.696 bits per heavy atom. The number of carbonyl (C=O) groups is 4. The van der Waals surface area contributed by atoms with E-state index in [0.717, 1.165) is 0 Å². The molecule has 128 valence electrons. The largest absolute Gasteiger partial charge is 0.351 e. The number of carbonyl (C=O) groups excluding carboxylic acids is 4. The van der Waals surface area contributed by atoms with Crippen LogP contribution in [0.2, 0.25) is 0 Å². The van der Waals surface area contributed by atoms with Crippen LogP contribution in [0.3, 0.4) is 0 Å². The van der Waals surface area contributed by atoms with Crippen molar-refractivity contribution in [1.82, 2.24) is 21.5 Å². The van der Waals surface area contributed by atoms with E-state index >= 15 is 0 Å². The minimum atomic E-state index is -0.612. The molecule has 0 heterocycles. The Balaban J connectivity index is 4.12. The van der Waals surface area contributed by atoms with Crippen molar-refractivity contribution >= 4 is 35.1 Å². The summed E-state index contributed by atoms with van der Waals surface area (Å²) < 4.78 is 0. The van der Waals surface area contributed by atoms with Crippen LogP contribution in [0.5, 0.6) is 0 Å². The first-order valence-electron chi connectivity index (χ1n) is 6.83. The summed E-state index contributed by atoms with van der Waals surface area (Å²) in [6.07, 6.45) is -0.451. The van der Waals surface area contributed by atoms with Crippen molar-refractivity contribution in [3.63, 3.8) is 0 Å². The maximum absolute atomic E-state index is 11.5. The van der Waals surface area contributed by atoms with Crippen LogP contribution >= 0.6 is 0 Å². The lowest BCUT2D eigenvalue weighted by molar-refractivity contribution is -0.129. The third-order valence-electron chi connectivity index (χ3n) is 2.25. The molecule has 0 aliphatic rings. The molecular formula is C13H22N6O4. The van der Waals surface area contributed by atoms with Crippen LogP contribution < -0.4 is 21.5 Å². The van der Waals surface area contributed by atoms with Gasteiger partial charge in [0.05, 0.1) is 24.5 Å². The highest BCUT2D eigenvalue weighted by Gasteiger charge is 2.08. The molecule has 0 atom stereocenters. The van der Waals surface area contributed by atoms with Crippen molar-refractivity contribution in [2.24, 2.45) is 10.2 Å². The molecule has 10 heteroatoms. The maximum atomic E-state index is 11.5. The van der Waals surface area contributed by atoms with E-state index in [0.29, 0.717) is 11.4 Å². The van der Waals surface area contributed by atoms with Gasteiger partial charge in [-0.15, -0.1) is 0 Å². The number of nitrogens with zero attached hydrogens (tertiary/aromatic N) is 2. The third kappa shape index (κ3) is 12.7. The summed E-state index contributed by atoms with van der Waals surface area (Å²) in [5, 5.41) is 12.5. The molecule has 0 aliphatic heterocycles. The second kappa shape index (κ2) is 10.9. The zero-order valence-corrected chi connectivity index (χ0v) is 13.6. The van der Waals surface area contributed by atoms with Gasteiger partial charge >= 0.3 is 0 Å². The molecule has 0 aromatic heterocycles. The first-order chi connectivity index (χ1) is 10.7. The summed E-state index contributed by atoms with van der Waals surface area (Å²) in [4.78, 5) is 44.4. The predicted octanol–water partition coefficient (Wildman–Crippen LogP) is -1.37. The Hall–Kier alpha value is -2.78. The summed E-state index contributed by atoms with van der Waals surface area (Å²) in [6.45, 7) is 6.37. The first-order valence-corrected chi connectivity index (χ1v) is 6.83. The monoisotopic (exact) mass is 326 g/mol. The smallest absolute Gasteiger partial charge is 0.249 e. The molecule has 0 saturated heterocycles. The second-order valence-corrected chi connectivity index (χ2v) is 4.76. The minimum Gasteiger partial charge on any atom is -0.351 e. The highest BCUT2D eigenvalue weighted by atomic mass is 16.2. The molecular weight excluding hydrogens is 304 g/mol. The van der Waals surface area contributed by atoms with Crippen LogP contribution in [0.1, 0.15) is 34.1 Å². The summed E-state index contributed by atoms with van der Waals surface area (Å²) in [7, 11) is 0. The molecule has 0 fully saturated rings. The molecule has 0 aromatic rings. The average molecular weight is 326 g/mol. The fourth-order valence-electron chi connectivity index (χ4n) is 1.12. The molecule has 0 aromatic carbocycles. The van der Waals surface area contributed by atoms with Crippen molar-refractivity contribution < 1.29 is 19.2 Å². The van der Waals surface area contributed by atoms with E-state index < -0.39 is 18.2 Å². The number of amides is 4. The van der Waals surface area contributed by atoms with Crippen molar-refractivity contribution in [2.75, 3.05) is 13.1 Å². The topological polar surface area (TPSA) is 141 Å². The lowest BCUT2D eigenvalue weighted by atomic mass is 10.4. The van der Waals surface area contributed by atoms with E-state index in [1.54, 1.807) is 13.8 Å². The Kier molecular flexibility index (Phi) is 9.56. The Morgan fingerprint density at radius 3 is 1.35 bits per heavy atom. The minimum absolute atomic E-state index is 0.203. The molecule has 0 saturated carbocycles. The number of nitrogens with one attached hydrogen (secondary N) is 4. The molecule has 0 aliphatic carbocycles. The summed E-state index contributed by atoms with van der Waals surface area (Å²) in [5.74, 6) is -1.64. The van der Waals surface area contributed by atoms with Crippen molar-refractivity contribution in [2.45, 2.75) is 34.1 Å². The van der Waals surface area contributed by atoms with Crippen molar-refractivity contribution in [3.05, 3.63) is 0 Å². The van der Waals surface area contributed by atoms with Crippen molar-refractivity contribution in [3.8, 4) is 0 Å². The second-order valence-electron chi connectivity index (χ2n) is 4.76. The molecule has 0 bridgehead atoms. The van der Waals surface area contributed by atoms with Gasteiger partial charge in [-0.1, -0.05) is 0 Å². The van der Waals surface area contributed by atoms with E-state index in [4.69, 9.17) is 0 Å². The fourth-order valence-corrected chi connectivity index (χ4v) is 1.12. The molecule has 23 heavy (non-hydrogen) atoms. The van der Waals surface area contributed by atoms with Crippen LogP contribution in [0.4, 0.5) is 0 Å². The van der Waals surface area contributed by atoms with E-state index in [9.17, 15) is 19.2 Å². The molecule has 0 unspecified atom stereocenters. The van der Waals surface area contributed by atoms with Gasteiger partial charge in [0.2, 0.25) is 23.6 Å². The SMILES string of the molecule is CC(=O)NCC(C)=NNC(=O)CC(=O)NN=C(C)CNC(C)=O. The van der Waals surface area contributed by atoms with Crippen LogP contribution in [0.15, 0.2) is 10.2 Å². The standard InChI is InChI=1S/C13H22N6O4/c1-8(6-14-10(3)20)16-18-12(22)5-13(23)19-17-9(2)7-15-11(4)21/h5-7H2,1-4H3,(H,14,20)(H,15,21)(H,18,22)(H,19,23). The van der Waals surface area contributed by atoms with Gasteiger partial charge in [0.25, 0.3) is 0 Å². The third-order valence-corrected chi connectivity index (χ3v) is 2.25.